The molecule has 2 nitrogen and oxygen atoms in total. The second-order valence-corrected chi connectivity index (χ2v) is 5.31. The van der Waals surface area contributed by atoms with Crippen LogP contribution in [0.1, 0.15) is 5.56 Å². The molecule has 0 saturated heterocycles. The van der Waals surface area contributed by atoms with Crippen LogP contribution in [0.2, 0.25) is 0 Å². The third-order valence-electron chi connectivity index (χ3n) is 2.39. The number of ether oxygens (including phenoxy) is 1. The smallest absolute Gasteiger partial charge is 0.144 e. The van der Waals surface area contributed by atoms with E-state index in [-0.39, 0.29) is 5.82 Å². The number of halogens is 3. The number of hydrogen-bond donors (Lipinski definition) is 1. The van der Waals surface area contributed by atoms with Crippen LogP contribution in [-0.4, -0.2) is 0 Å². The topological polar surface area (TPSA) is 35.2 Å². The third-order valence-corrected chi connectivity index (χ3v) is 3.79. The molecule has 0 bridgehead atoms. The first-order valence-corrected chi connectivity index (χ1v) is 6.81. The Kier molecular flexibility index (Phi) is 4.37. The van der Waals surface area contributed by atoms with E-state index in [1.807, 2.05) is 12.1 Å². The van der Waals surface area contributed by atoms with Gasteiger partial charge < -0.3 is 10.5 Å². The molecule has 0 amide bonds. The van der Waals surface area contributed by atoms with E-state index in [0.29, 0.717) is 22.5 Å². The molecule has 0 unspecified atom stereocenters. The van der Waals surface area contributed by atoms with E-state index < -0.39 is 0 Å². The van der Waals surface area contributed by atoms with Crippen molar-refractivity contribution in [1.82, 2.24) is 0 Å². The zero-order chi connectivity index (χ0) is 13.1. The van der Waals surface area contributed by atoms with Gasteiger partial charge >= 0.3 is 0 Å². The summed E-state index contributed by atoms with van der Waals surface area (Å²) in [4.78, 5) is 0. The van der Waals surface area contributed by atoms with Gasteiger partial charge in [-0.05, 0) is 40.2 Å². The van der Waals surface area contributed by atoms with Gasteiger partial charge in [0.15, 0.2) is 0 Å². The molecular weight excluding hydrogens is 365 g/mol. The maximum absolute atomic E-state index is 13.2. The first kappa shape index (κ1) is 13.5. The minimum atomic E-state index is -0.350. The molecule has 2 rings (SSSR count). The van der Waals surface area contributed by atoms with Crippen LogP contribution in [-0.2, 0) is 6.54 Å². The molecule has 2 aromatic carbocycles. The Bertz CT molecular complexity index is 575. The lowest BCUT2D eigenvalue weighted by Gasteiger charge is -2.12. The molecule has 0 aromatic heterocycles. The summed E-state index contributed by atoms with van der Waals surface area (Å²) >= 11 is 6.73. The molecular formula is C13H10Br2FNO. The quantitative estimate of drug-likeness (QED) is 0.851. The molecule has 0 fully saturated rings. The molecule has 0 spiro atoms. The van der Waals surface area contributed by atoms with E-state index in [2.05, 4.69) is 31.9 Å². The largest absolute Gasteiger partial charge is 0.456 e. The van der Waals surface area contributed by atoms with Crippen LogP contribution in [0.4, 0.5) is 4.39 Å². The van der Waals surface area contributed by atoms with Crippen LogP contribution in [0.5, 0.6) is 11.5 Å². The van der Waals surface area contributed by atoms with Gasteiger partial charge in [0.25, 0.3) is 0 Å². The minimum absolute atomic E-state index is 0.337. The minimum Gasteiger partial charge on any atom is -0.456 e. The summed E-state index contributed by atoms with van der Waals surface area (Å²) in [6.45, 7) is 0.337. The van der Waals surface area contributed by atoms with Crippen LogP contribution in [0.3, 0.4) is 0 Å². The summed E-state index contributed by atoms with van der Waals surface area (Å²) in [6.07, 6.45) is 0. The summed E-state index contributed by atoms with van der Waals surface area (Å²) in [6, 6.07) is 9.81. The Hall–Kier alpha value is -0.910. The second kappa shape index (κ2) is 5.82. The Morgan fingerprint density at radius 1 is 1.06 bits per heavy atom. The summed E-state index contributed by atoms with van der Waals surface area (Å²) in [5.74, 6) is 0.679. The van der Waals surface area contributed by atoms with E-state index in [1.54, 1.807) is 12.1 Å². The fourth-order valence-corrected chi connectivity index (χ4v) is 2.34. The fraction of sp³-hybridized carbons (Fsp3) is 0.0769. The first-order valence-electron chi connectivity index (χ1n) is 5.22. The van der Waals surface area contributed by atoms with Crippen molar-refractivity contribution in [2.24, 2.45) is 5.73 Å². The van der Waals surface area contributed by atoms with Crippen molar-refractivity contribution in [3.05, 3.63) is 56.7 Å². The van der Waals surface area contributed by atoms with Gasteiger partial charge in [0.05, 0.1) is 4.47 Å². The maximum Gasteiger partial charge on any atom is 0.144 e. The lowest BCUT2D eigenvalue weighted by atomic mass is 10.2. The van der Waals surface area contributed by atoms with E-state index >= 15 is 0 Å². The maximum atomic E-state index is 13.2. The lowest BCUT2D eigenvalue weighted by molar-refractivity contribution is 0.467. The zero-order valence-corrected chi connectivity index (χ0v) is 12.5. The van der Waals surface area contributed by atoms with Gasteiger partial charge in [-0.15, -0.1) is 0 Å². The van der Waals surface area contributed by atoms with Gasteiger partial charge in [0, 0.05) is 22.6 Å². The lowest BCUT2D eigenvalue weighted by Crippen LogP contribution is -2.00. The van der Waals surface area contributed by atoms with Crippen molar-refractivity contribution in [3.63, 3.8) is 0 Å². The summed E-state index contributed by atoms with van der Waals surface area (Å²) < 4.78 is 20.4. The predicted octanol–water partition coefficient (Wildman–Crippen LogP) is 4.60. The second-order valence-electron chi connectivity index (χ2n) is 3.60. The van der Waals surface area contributed by atoms with Gasteiger partial charge in [0.1, 0.15) is 17.3 Å². The molecule has 0 atom stereocenters. The molecule has 2 N–H and O–H groups in total. The van der Waals surface area contributed by atoms with Crippen LogP contribution in [0, 0.1) is 5.82 Å². The van der Waals surface area contributed by atoms with E-state index in [1.165, 1.54) is 12.1 Å². The Balaban J connectivity index is 2.40. The van der Waals surface area contributed by atoms with Crippen molar-refractivity contribution in [3.8, 4) is 11.5 Å². The predicted molar refractivity (Wildman–Crippen MR) is 76.2 cm³/mol. The molecule has 0 radical (unpaired) electrons. The monoisotopic (exact) mass is 373 g/mol. The molecule has 94 valence electrons. The summed E-state index contributed by atoms with van der Waals surface area (Å²) in [7, 11) is 0. The molecule has 0 aliphatic heterocycles. The van der Waals surface area contributed by atoms with Gasteiger partial charge in [-0.3, -0.25) is 0 Å². The van der Waals surface area contributed by atoms with Crippen molar-refractivity contribution in [2.45, 2.75) is 6.54 Å². The van der Waals surface area contributed by atoms with Crippen molar-refractivity contribution in [2.75, 3.05) is 0 Å². The number of benzene rings is 2. The summed E-state index contributed by atoms with van der Waals surface area (Å²) in [5.41, 5.74) is 6.52. The highest BCUT2D eigenvalue weighted by molar-refractivity contribution is 9.10. The molecule has 0 aliphatic carbocycles. The molecule has 0 saturated carbocycles. The van der Waals surface area contributed by atoms with Crippen LogP contribution < -0.4 is 10.5 Å². The molecule has 2 aromatic rings. The Morgan fingerprint density at radius 2 is 1.83 bits per heavy atom. The first-order chi connectivity index (χ1) is 8.61. The number of hydrogen-bond acceptors (Lipinski definition) is 2. The summed E-state index contributed by atoms with van der Waals surface area (Å²) in [5, 5.41) is 0. The zero-order valence-electron chi connectivity index (χ0n) is 9.29. The normalized spacial score (nSPS) is 10.4. The van der Waals surface area contributed by atoms with E-state index in [4.69, 9.17) is 10.5 Å². The molecule has 18 heavy (non-hydrogen) atoms. The highest BCUT2D eigenvalue weighted by Gasteiger charge is 2.10. The van der Waals surface area contributed by atoms with Gasteiger partial charge in [0.2, 0.25) is 0 Å². The van der Waals surface area contributed by atoms with Gasteiger partial charge in [-0.2, -0.15) is 0 Å². The van der Waals surface area contributed by atoms with Crippen LogP contribution in [0.15, 0.2) is 45.3 Å². The van der Waals surface area contributed by atoms with E-state index in [0.717, 1.165) is 10.0 Å². The highest BCUT2D eigenvalue weighted by Crippen LogP contribution is 2.34. The number of nitrogens with two attached hydrogens (primary N) is 1. The Morgan fingerprint density at radius 3 is 2.56 bits per heavy atom. The Labute approximate surface area is 121 Å². The van der Waals surface area contributed by atoms with Crippen LogP contribution >= 0.6 is 31.9 Å². The third kappa shape index (κ3) is 2.91. The fourth-order valence-electron chi connectivity index (χ4n) is 1.51. The highest BCUT2D eigenvalue weighted by atomic mass is 79.9. The van der Waals surface area contributed by atoms with Crippen molar-refractivity contribution < 1.29 is 9.13 Å². The van der Waals surface area contributed by atoms with Crippen molar-refractivity contribution in [1.29, 1.82) is 0 Å². The number of rotatable bonds is 3. The average molecular weight is 375 g/mol. The van der Waals surface area contributed by atoms with Crippen LogP contribution in [0.25, 0.3) is 0 Å². The SMILES string of the molecule is NCc1c(Br)cccc1Oc1cc(F)ccc1Br. The molecule has 0 aliphatic rings. The van der Waals surface area contributed by atoms with Gasteiger partial charge in [-0.1, -0.05) is 22.0 Å². The molecule has 0 heterocycles. The van der Waals surface area contributed by atoms with Crippen molar-refractivity contribution >= 4 is 31.9 Å². The van der Waals surface area contributed by atoms with E-state index in [9.17, 15) is 4.39 Å². The average Bonchev–Trinajstić information content (AvgIpc) is 2.34. The molecule has 5 heteroatoms. The van der Waals surface area contributed by atoms with Gasteiger partial charge in [-0.25, -0.2) is 4.39 Å². The standard InChI is InChI=1S/C13H10Br2FNO/c14-10-2-1-3-12(9(10)7-17)18-13-6-8(16)4-5-11(13)15/h1-6H,7,17H2.